The molecule has 0 saturated carbocycles. The lowest BCUT2D eigenvalue weighted by molar-refractivity contribution is -0.146. The van der Waals surface area contributed by atoms with Gasteiger partial charge in [0.05, 0.1) is 13.0 Å². The molecule has 0 aliphatic carbocycles. The second kappa shape index (κ2) is 10.7. The molecule has 0 atom stereocenters. The second-order valence-corrected chi connectivity index (χ2v) is 6.69. The van der Waals surface area contributed by atoms with Gasteiger partial charge in [-0.1, -0.05) is 29.8 Å². The fourth-order valence-corrected chi connectivity index (χ4v) is 2.23. The Balaban J connectivity index is 2.61. The number of carbonyl (C=O) groups excluding carboxylic acids is 3. The molecule has 0 aliphatic heterocycles. The highest BCUT2D eigenvalue weighted by molar-refractivity contribution is 9.10. The van der Waals surface area contributed by atoms with Gasteiger partial charge in [0.1, 0.15) is 0 Å². The number of hydrazine groups is 1. The third kappa shape index (κ3) is 8.53. The molecule has 0 aromatic heterocycles. The molecule has 1 aromatic rings. The molecular formula is C17H24BrN3O4. The number of esters is 1. The average molecular weight is 414 g/mol. The number of anilines is 1. The molecular weight excluding hydrogens is 390 g/mol. The molecule has 0 bridgehead atoms. The first kappa shape index (κ1) is 21.0. The van der Waals surface area contributed by atoms with Gasteiger partial charge in [0, 0.05) is 23.1 Å². The van der Waals surface area contributed by atoms with Gasteiger partial charge in [0.15, 0.2) is 0 Å². The molecule has 0 fully saturated rings. The van der Waals surface area contributed by atoms with Gasteiger partial charge in [-0.2, -0.15) is 0 Å². The summed E-state index contributed by atoms with van der Waals surface area (Å²) in [6.07, 6.45) is -0.0403. The van der Waals surface area contributed by atoms with Crippen molar-refractivity contribution >= 4 is 39.5 Å². The summed E-state index contributed by atoms with van der Waals surface area (Å²) in [4.78, 5) is 35.8. The van der Waals surface area contributed by atoms with Crippen LogP contribution in [0, 0.1) is 5.92 Å². The highest BCUT2D eigenvalue weighted by Crippen LogP contribution is 2.14. The van der Waals surface area contributed by atoms with Crippen LogP contribution in [0.5, 0.6) is 0 Å². The van der Waals surface area contributed by atoms with Crippen LogP contribution in [-0.2, 0) is 14.3 Å². The molecule has 0 unspecified atom stereocenters. The van der Waals surface area contributed by atoms with Gasteiger partial charge in [-0.3, -0.25) is 14.6 Å². The van der Waals surface area contributed by atoms with E-state index in [0.29, 0.717) is 12.2 Å². The lowest BCUT2D eigenvalue weighted by Gasteiger charge is -2.25. The molecule has 1 aromatic carbocycles. The van der Waals surface area contributed by atoms with Gasteiger partial charge in [-0.15, -0.1) is 0 Å². The molecule has 138 valence electrons. The van der Waals surface area contributed by atoms with Crippen LogP contribution < -0.4 is 10.7 Å². The van der Waals surface area contributed by atoms with Gasteiger partial charge in [0.25, 0.3) is 0 Å². The maximum Gasteiger partial charge on any atom is 0.338 e. The Morgan fingerprint density at radius 1 is 1.16 bits per heavy atom. The number of halogens is 1. The van der Waals surface area contributed by atoms with E-state index >= 15 is 0 Å². The van der Waals surface area contributed by atoms with Crippen molar-refractivity contribution in [1.29, 1.82) is 0 Å². The number of nitrogens with zero attached hydrogens (tertiary/aromatic N) is 1. The monoisotopic (exact) mass is 413 g/mol. The van der Waals surface area contributed by atoms with Crippen LogP contribution in [0.15, 0.2) is 28.7 Å². The van der Waals surface area contributed by atoms with E-state index in [-0.39, 0.29) is 31.3 Å². The maximum absolute atomic E-state index is 12.3. The molecule has 0 saturated heterocycles. The van der Waals surface area contributed by atoms with Gasteiger partial charge < -0.3 is 10.1 Å². The molecule has 25 heavy (non-hydrogen) atoms. The molecule has 8 heteroatoms. The zero-order valence-electron chi connectivity index (χ0n) is 14.7. The van der Waals surface area contributed by atoms with Gasteiger partial charge in [-0.25, -0.2) is 10.2 Å². The van der Waals surface area contributed by atoms with E-state index in [9.17, 15) is 14.4 Å². The lowest BCUT2D eigenvalue weighted by atomic mass is 10.2. The van der Waals surface area contributed by atoms with Crippen molar-refractivity contribution in [3.63, 3.8) is 0 Å². The summed E-state index contributed by atoms with van der Waals surface area (Å²) in [7, 11) is 0. The standard InChI is InChI=1S/C17H24BrN3O4/c1-4-25-16(23)10-9-15(22)21(11-12(2)3)20-17(24)19-14-7-5-13(18)6-8-14/h5-8,12H,4,9-11H2,1-3H3,(H2,19,20,24). The Bertz CT molecular complexity index is 590. The minimum Gasteiger partial charge on any atom is -0.466 e. The van der Waals surface area contributed by atoms with Crippen molar-refractivity contribution in [2.75, 3.05) is 18.5 Å². The summed E-state index contributed by atoms with van der Waals surface area (Å²) in [6.45, 7) is 6.19. The van der Waals surface area contributed by atoms with Crippen molar-refractivity contribution < 1.29 is 19.1 Å². The fraction of sp³-hybridized carbons (Fsp3) is 0.471. The van der Waals surface area contributed by atoms with Crippen molar-refractivity contribution in [2.45, 2.75) is 33.6 Å². The number of rotatable bonds is 7. The SMILES string of the molecule is CCOC(=O)CCC(=O)N(CC(C)C)NC(=O)Nc1ccc(Br)cc1. The highest BCUT2D eigenvalue weighted by Gasteiger charge is 2.19. The van der Waals surface area contributed by atoms with Crippen LogP contribution in [0.4, 0.5) is 10.5 Å². The second-order valence-electron chi connectivity index (χ2n) is 5.78. The molecule has 0 heterocycles. The zero-order chi connectivity index (χ0) is 18.8. The number of urea groups is 1. The molecule has 7 nitrogen and oxygen atoms in total. The lowest BCUT2D eigenvalue weighted by Crippen LogP contribution is -2.49. The van der Waals surface area contributed by atoms with Gasteiger partial charge in [-0.05, 0) is 37.1 Å². The average Bonchev–Trinajstić information content (AvgIpc) is 2.54. The first-order chi connectivity index (χ1) is 11.8. The largest absolute Gasteiger partial charge is 0.466 e. The van der Waals surface area contributed by atoms with E-state index < -0.39 is 12.0 Å². The maximum atomic E-state index is 12.3. The Morgan fingerprint density at radius 2 is 1.80 bits per heavy atom. The summed E-state index contributed by atoms with van der Waals surface area (Å²) >= 11 is 3.32. The van der Waals surface area contributed by atoms with Crippen molar-refractivity contribution in [1.82, 2.24) is 10.4 Å². The first-order valence-corrected chi connectivity index (χ1v) is 8.90. The minimum atomic E-state index is -0.521. The van der Waals surface area contributed by atoms with Gasteiger partial charge in [0.2, 0.25) is 5.91 Å². The summed E-state index contributed by atoms with van der Waals surface area (Å²) in [6, 6.07) is 6.54. The quantitative estimate of drug-likeness (QED) is 0.529. The summed E-state index contributed by atoms with van der Waals surface area (Å²) in [5.41, 5.74) is 3.14. The Morgan fingerprint density at radius 3 is 2.36 bits per heavy atom. The minimum absolute atomic E-state index is 0.0166. The van der Waals surface area contributed by atoms with E-state index in [1.165, 1.54) is 5.01 Å². The number of benzene rings is 1. The third-order valence-electron chi connectivity index (χ3n) is 3.04. The van der Waals surface area contributed by atoms with Gasteiger partial charge >= 0.3 is 12.0 Å². The number of amides is 3. The predicted molar refractivity (Wildman–Crippen MR) is 98.7 cm³/mol. The van der Waals surface area contributed by atoms with E-state index in [4.69, 9.17) is 4.74 Å². The molecule has 0 aliphatic rings. The third-order valence-corrected chi connectivity index (χ3v) is 3.56. The molecule has 0 spiro atoms. The molecule has 0 radical (unpaired) electrons. The molecule has 2 N–H and O–H groups in total. The van der Waals surface area contributed by atoms with Crippen molar-refractivity contribution in [3.8, 4) is 0 Å². The number of ether oxygens (including phenoxy) is 1. The van der Waals surface area contributed by atoms with Crippen LogP contribution in [0.3, 0.4) is 0 Å². The smallest absolute Gasteiger partial charge is 0.338 e. The number of hydrogen-bond acceptors (Lipinski definition) is 4. The van der Waals surface area contributed by atoms with Crippen LogP contribution in [0.2, 0.25) is 0 Å². The van der Waals surface area contributed by atoms with E-state index in [1.54, 1.807) is 31.2 Å². The zero-order valence-corrected chi connectivity index (χ0v) is 16.3. The van der Waals surface area contributed by atoms with E-state index in [1.807, 2.05) is 13.8 Å². The number of nitrogens with one attached hydrogen (secondary N) is 2. The van der Waals surface area contributed by atoms with Crippen molar-refractivity contribution in [3.05, 3.63) is 28.7 Å². The Kier molecular flexibility index (Phi) is 8.98. The fourth-order valence-electron chi connectivity index (χ4n) is 1.97. The van der Waals surface area contributed by atoms with Crippen LogP contribution >= 0.6 is 15.9 Å². The summed E-state index contributed by atoms with van der Waals surface area (Å²) < 4.78 is 5.71. The predicted octanol–water partition coefficient (Wildman–Crippen LogP) is 3.31. The van der Waals surface area contributed by atoms with Crippen LogP contribution in [0.1, 0.15) is 33.6 Å². The number of hydrogen-bond donors (Lipinski definition) is 2. The van der Waals surface area contributed by atoms with Crippen LogP contribution in [-0.4, -0.2) is 36.1 Å². The van der Waals surface area contributed by atoms with Crippen molar-refractivity contribution in [2.24, 2.45) is 5.92 Å². The summed E-state index contributed by atoms with van der Waals surface area (Å²) in [5, 5.41) is 3.89. The Hall–Kier alpha value is -2.09. The molecule has 1 rings (SSSR count). The van der Waals surface area contributed by atoms with Crippen LogP contribution in [0.25, 0.3) is 0 Å². The number of carbonyl (C=O) groups is 3. The Labute approximate surface area is 156 Å². The highest BCUT2D eigenvalue weighted by atomic mass is 79.9. The first-order valence-electron chi connectivity index (χ1n) is 8.11. The normalized spacial score (nSPS) is 10.3. The topological polar surface area (TPSA) is 87.7 Å². The molecule has 3 amide bonds. The van der Waals surface area contributed by atoms with E-state index in [0.717, 1.165) is 4.47 Å². The van der Waals surface area contributed by atoms with E-state index in [2.05, 4.69) is 26.7 Å². The summed E-state index contributed by atoms with van der Waals surface area (Å²) in [5.74, 6) is -0.619.